The molecule has 21 heavy (non-hydrogen) atoms. The fraction of sp³-hybridized carbons (Fsp3) is 0.231. The second kappa shape index (κ2) is 6.33. The first kappa shape index (κ1) is 15.6. The Morgan fingerprint density at radius 3 is 2.48 bits per heavy atom. The number of aryl methyl sites for hydroxylation is 1. The summed E-state index contributed by atoms with van der Waals surface area (Å²) in [5.41, 5.74) is 0.553. The van der Waals surface area contributed by atoms with E-state index < -0.39 is 10.0 Å². The van der Waals surface area contributed by atoms with Crippen LogP contribution in [0.5, 0.6) is 0 Å². The molecule has 2 N–H and O–H groups in total. The highest BCUT2D eigenvalue weighted by Crippen LogP contribution is 2.15. The van der Waals surface area contributed by atoms with Crippen molar-refractivity contribution >= 4 is 33.0 Å². The molecule has 1 amide bonds. The number of nitrogens with zero attached hydrogens (tertiary/aromatic N) is 1. The summed E-state index contributed by atoms with van der Waals surface area (Å²) in [5.74, 6) is -0.206. The van der Waals surface area contributed by atoms with Crippen molar-refractivity contribution in [2.24, 2.45) is 0 Å². The van der Waals surface area contributed by atoms with Crippen molar-refractivity contribution in [3.05, 3.63) is 40.3 Å². The Morgan fingerprint density at radius 2 is 1.95 bits per heavy atom. The molecule has 8 heteroatoms. The van der Waals surface area contributed by atoms with E-state index in [0.29, 0.717) is 10.7 Å². The number of nitrogens with one attached hydrogen (secondary N) is 2. The first-order valence-corrected chi connectivity index (χ1v) is 8.45. The maximum atomic E-state index is 12.1. The molecule has 0 saturated heterocycles. The fourth-order valence-electron chi connectivity index (χ4n) is 1.64. The number of rotatable bonds is 5. The molecule has 0 aliphatic rings. The van der Waals surface area contributed by atoms with Crippen LogP contribution in [0.4, 0.5) is 5.69 Å². The number of hydrogen-bond donors (Lipinski definition) is 2. The summed E-state index contributed by atoms with van der Waals surface area (Å²) in [6.45, 7) is 3.47. The Morgan fingerprint density at radius 1 is 1.29 bits per heavy atom. The highest BCUT2D eigenvalue weighted by atomic mass is 32.2. The van der Waals surface area contributed by atoms with E-state index in [1.807, 2.05) is 6.92 Å². The minimum absolute atomic E-state index is 0.143. The number of carbonyl (C=O) groups excluding carboxylic acids is 1. The predicted octanol–water partition coefficient (Wildman–Crippen LogP) is 1.89. The molecule has 0 aliphatic heterocycles. The molecular formula is C13H15N3O3S2. The van der Waals surface area contributed by atoms with E-state index >= 15 is 0 Å². The van der Waals surface area contributed by atoms with Crippen molar-refractivity contribution in [3.63, 3.8) is 0 Å². The van der Waals surface area contributed by atoms with Crippen LogP contribution >= 0.6 is 11.3 Å². The van der Waals surface area contributed by atoms with E-state index in [9.17, 15) is 13.2 Å². The number of benzene rings is 1. The Labute approximate surface area is 127 Å². The van der Waals surface area contributed by atoms with Crippen LogP contribution in [0.25, 0.3) is 0 Å². The summed E-state index contributed by atoms with van der Waals surface area (Å²) in [4.78, 5) is 16.2. The molecule has 0 spiro atoms. The third kappa shape index (κ3) is 4.35. The minimum atomic E-state index is -3.59. The minimum Gasteiger partial charge on any atom is -0.326 e. The number of hydrogen-bond acceptors (Lipinski definition) is 5. The van der Waals surface area contributed by atoms with Crippen molar-refractivity contribution in [2.45, 2.75) is 25.3 Å². The molecule has 2 aromatic rings. The Bertz CT molecular complexity index is 736. The van der Waals surface area contributed by atoms with Gasteiger partial charge in [0.1, 0.15) is 5.01 Å². The van der Waals surface area contributed by atoms with Gasteiger partial charge >= 0.3 is 0 Å². The zero-order valence-electron chi connectivity index (χ0n) is 11.6. The maximum Gasteiger partial charge on any atom is 0.240 e. The largest absolute Gasteiger partial charge is 0.326 e. The molecule has 1 aromatic carbocycles. The van der Waals surface area contributed by atoms with Gasteiger partial charge in [0.15, 0.2) is 0 Å². The van der Waals surface area contributed by atoms with Crippen molar-refractivity contribution in [1.29, 1.82) is 0 Å². The monoisotopic (exact) mass is 325 g/mol. The van der Waals surface area contributed by atoms with Crippen LogP contribution < -0.4 is 10.0 Å². The molecule has 0 radical (unpaired) electrons. The molecule has 112 valence electrons. The molecule has 1 aromatic heterocycles. The lowest BCUT2D eigenvalue weighted by Gasteiger charge is -2.07. The molecule has 0 atom stereocenters. The summed E-state index contributed by atoms with van der Waals surface area (Å²) >= 11 is 1.45. The van der Waals surface area contributed by atoms with Crippen molar-refractivity contribution in [3.8, 4) is 0 Å². The number of aromatic nitrogens is 1. The average molecular weight is 325 g/mol. The van der Waals surface area contributed by atoms with E-state index in [4.69, 9.17) is 0 Å². The van der Waals surface area contributed by atoms with Crippen LogP contribution in [0.15, 0.2) is 35.4 Å². The number of sulfonamides is 1. The predicted molar refractivity (Wildman–Crippen MR) is 81.6 cm³/mol. The SMILES string of the molecule is CC(=O)Nc1ccc(S(=O)(=O)NCc2ncc(C)s2)cc1. The quantitative estimate of drug-likeness (QED) is 0.878. The van der Waals surface area contributed by atoms with Crippen LogP contribution in [0.1, 0.15) is 16.8 Å². The topological polar surface area (TPSA) is 88.2 Å². The molecule has 1 heterocycles. The van der Waals surface area contributed by atoms with Crippen LogP contribution in [0, 0.1) is 6.92 Å². The summed E-state index contributed by atoms with van der Waals surface area (Å²) in [5, 5.41) is 3.30. The van der Waals surface area contributed by atoms with E-state index in [-0.39, 0.29) is 17.3 Å². The number of thiazole rings is 1. The smallest absolute Gasteiger partial charge is 0.240 e. The third-order valence-electron chi connectivity index (χ3n) is 2.57. The third-order valence-corrected chi connectivity index (χ3v) is 4.90. The maximum absolute atomic E-state index is 12.1. The number of anilines is 1. The van der Waals surface area contributed by atoms with Crippen LogP contribution in [0.2, 0.25) is 0 Å². The van der Waals surface area contributed by atoms with Gasteiger partial charge in [-0.1, -0.05) is 0 Å². The number of carbonyl (C=O) groups is 1. The Hall–Kier alpha value is -1.77. The van der Waals surface area contributed by atoms with Gasteiger partial charge in [0.2, 0.25) is 15.9 Å². The van der Waals surface area contributed by atoms with Gasteiger partial charge < -0.3 is 5.32 Å². The summed E-state index contributed by atoms with van der Waals surface area (Å²) in [6.07, 6.45) is 1.70. The van der Waals surface area contributed by atoms with Gasteiger partial charge in [-0.05, 0) is 31.2 Å². The van der Waals surface area contributed by atoms with Gasteiger partial charge in [0, 0.05) is 23.7 Å². The van der Waals surface area contributed by atoms with Crippen molar-refractivity contribution in [2.75, 3.05) is 5.32 Å². The highest BCUT2D eigenvalue weighted by Gasteiger charge is 2.14. The first-order chi connectivity index (χ1) is 9.87. The summed E-state index contributed by atoms with van der Waals surface area (Å²) < 4.78 is 26.7. The van der Waals surface area contributed by atoms with Crippen molar-refractivity contribution < 1.29 is 13.2 Å². The summed E-state index contributed by atoms with van der Waals surface area (Å²) in [6, 6.07) is 5.98. The molecule has 0 fully saturated rings. The van der Waals surface area contributed by atoms with Gasteiger partial charge in [-0.3, -0.25) is 4.79 Å². The normalized spacial score (nSPS) is 11.3. The van der Waals surface area contributed by atoms with E-state index in [2.05, 4.69) is 15.0 Å². The lowest BCUT2D eigenvalue weighted by atomic mass is 10.3. The molecule has 2 rings (SSSR count). The summed E-state index contributed by atoms with van der Waals surface area (Å²) in [7, 11) is -3.59. The fourth-order valence-corrected chi connectivity index (χ4v) is 3.45. The van der Waals surface area contributed by atoms with Gasteiger partial charge in [-0.2, -0.15) is 0 Å². The van der Waals surface area contributed by atoms with Crippen LogP contribution in [0.3, 0.4) is 0 Å². The van der Waals surface area contributed by atoms with Gasteiger partial charge in [0.05, 0.1) is 11.4 Å². The zero-order chi connectivity index (χ0) is 15.5. The van der Waals surface area contributed by atoms with Crippen molar-refractivity contribution in [1.82, 2.24) is 9.71 Å². The Kier molecular flexibility index (Phi) is 4.71. The first-order valence-electron chi connectivity index (χ1n) is 6.15. The molecule has 6 nitrogen and oxygen atoms in total. The molecular weight excluding hydrogens is 310 g/mol. The Balaban J connectivity index is 2.06. The van der Waals surface area contributed by atoms with Crippen LogP contribution in [-0.2, 0) is 21.4 Å². The average Bonchev–Trinajstić information content (AvgIpc) is 2.82. The molecule has 0 saturated carbocycles. The second-order valence-electron chi connectivity index (χ2n) is 4.39. The molecule has 0 unspecified atom stereocenters. The lowest BCUT2D eigenvalue weighted by molar-refractivity contribution is -0.114. The van der Waals surface area contributed by atoms with Gasteiger partial charge in [-0.25, -0.2) is 18.1 Å². The second-order valence-corrected chi connectivity index (χ2v) is 7.48. The van der Waals surface area contributed by atoms with Crippen LogP contribution in [-0.4, -0.2) is 19.3 Å². The molecule has 0 bridgehead atoms. The number of amides is 1. The molecule has 0 aliphatic carbocycles. The van der Waals surface area contributed by atoms with Gasteiger partial charge in [0.25, 0.3) is 0 Å². The zero-order valence-corrected chi connectivity index (χ0v) is 13.2. The van der Waals surface area contributed by atoms with Gasteiger partial charge in [-0.15, -0.1) is 11.3 Å². The highest BCUT2D eigenvalue weighted by molar-refractivity contribution is 7.89. The van der Waals surface area contributed by atoms with E-state index in [1.165, 1.54) is 30.4 Å². The lowest BCUT2D eigenvalue weighted by Crippen LogP contribution is -2.23. The standard InChI is InChI=1S/C13H15N3O3S2/c1-9-7-14-13(20-9)8-15-21(18,19)12-5-3-11(4-6-12)16-10(2)17/h3-7,15H,8H2,1-2H3,(H,16,17). The van der Waals surface area contributed by atoms with E-state index in [0.717, 1.165) is 4.88 Å². The van der Waals surface area contributed by atoms with E-state index in [1.54, 1.807) is 18.3 Å².